The summed E-state index contributed by atoms with van der Waals surface area (Å²) in [6.45, 7) is 0.504. The molecule has 8 nitrogen and oxygen atoms in total. The number of carbonyl (C=O) groups is 2. The lowest BCUT2D eigenvalue weighted by molar-refractivity contribution is -0.139. The molecule has 1 saturated heterocycles. The Kier molecular flexibility index (Phi) is 6.61. The van der Waals surface area contributed by atoms with Crippen LogP contribution >= 0.6 is 0 Å². The minimum Gasteiger partial charge on any atom is -0.480 e. The first-order valence-corrected chi connectivity index (χ1v) is 10.7. The zero-order chi connectivity index (χ0) is 21.9. The van der Waals surface area contributed by atoms with Gasteiger partial charge in [-0.3, -0.25) is 9.59 Å². The molecule has 4 N–H and O–H groups in total. The molecule has 0 aliphatic carbocycles. The van der Waals surface area contributed by atoms with E-state index < -0.39 is 40.0 Å². The van der Waals surface area contributed by atoms with Crippen LogP contribution in [0.25, 0.3) is 0 Å². The molecular weight excluding hydrogens is 415 g/mol. The molecule has 2 aromatic carbocycles. The second kappa shape index (κ2) is 9.00. The largest absolute Gasteiger partial charge is 0.480 e. The molecule has 1 heterocycles. The highest BCUT2D eigenvalue weighted by Crippen LogP contribution is 2.22. The van der Waals surface area contributed by atoms with Gasteiger partial charge < -0.3 is 15.5 Å². The summed E-state index contributed by atoms with van der Waals surface area (Å²) in [6.07, 6.45) is -0.845. The van der Waals surface area contributed by atoms with Gasteiger partial charge in [-0.05, 0) is 35.7 Å². The highest BCUT2D eigenvalue weighted by Gasteiger charge is 2.31. The zero-order valence-corrected chi connectivity index (χ0v) is 16.6. The van der Waals surface area contributed by atoms with E-state index in [0.717, 1.165) is 12.1 Å². The number of carboxylic acids is 1. The van der Waals surface area contributed by atoms with Gasteiger partial charge in [0.15, 0.2) is 5.78 Å². The molecule has 0 radical (unpaired) electrons. The Morgan fingerprint density at radius 2 is 1.93 bits per heavy atom. The molecule has 160 valence electrons. The van der Waals surface area contributed by atoms with Crippen molar-refractivity contribution in [3.05, 3.63) is 65.5 Å². The molecule has 1 aliphatic heterocycles. The fourth-order valence-electron chi connectivity index (χ4n) is 3.26. The van der Waals surface area contributed by atoms with Crippen molar-refractivity contribution in [2.45, 2.75) is 35.9 Å². The summed E-state index contributed by atoms with van der Waals surface area (Å²) in [5, 5.41) is 22.7. The number of Topliss-reactive ketones (excluding diaryl/α,β-unsaturated/α-hetero) is 1. The topological polar surface area (TPSA) is 133 Å². The molecule has 3 atom stereocenters. The smallest absolute Gasteiger partial charge is 0.322 e. The molecule has 0 saturated carbocycles. The third-order valence-electron chi connectivity index (χ3n) is 4.86. The van der Waals surface area contributed by atoms with Crippen LogP contribution in [-0.2, 0) is 26.0 Å². The number of aliphatic hydroxyl groups excluding tert-OH is 1. The molecule has 0 spiro atoms. The van der Waals surface area contributed by atoms with E-state index in [4.69, 9.17) is 0 Å². The van der Waals surface area contributed by atoms with Crippen LogP contribution in [-0.4, -0.2) is 49.0 Å². The fourth-order valence-corrected chi connectivity index (χ4v) is 4.48. The van der Waals surface area contributed by atoms with Gasteiger partial charge in [-0.1, -0.05) is 30.3 Å². The van der Waals surface area contributed by atoms with E-state index in [2.05, 4.69) is 10.0 Å². The van der Waals surface area contributed by atoms with Gasteiger partial charge in [-0.2, -0.15) is 4.72 Å². The van der Waals surface area contributed by atoms with Crippen LogP contribution in [0.4, 0.5) is 4.39 Å². The lowest BCUT2D eigenvalue weighted by Gasteiger charge is -2.18. The van der Waals surface area contributed by atoms with Gasteiger partial charge >= 0.3 is 5.97 Å². The van der Waals surface area contributed by atoms with E-state index in [9.17, 15) is 32.6 Å². The number of aliphatic carboxylic acids is 1. The highest BCUT2D eigenvalue weighted by molar-refractivity contribution is 7.89. The van der Waals surface area contributed by atoms with Crippen LogP contribution in [0.1, 0.15) is 23.7 Å². The third-order valence-corrected chi connectivity index (χ3v) is 6.33. The number of carboxylic acid groups (broad SMARTS) is 1. The Bertz CT molecular complexity index is 1040. The van der Waals surface area contributed by atoms with E-state index in [1.165, 1.54) is 12.1 Å². The van der Waals surface area contributed by atoms with E-state index in [1.807, 2.05) is 0 Å². The molecule has 2 aromatic rings. The SMILES string of the molecule is O=C(O)C(Cc1ccc(C(O)C2NCCC2=O)cc1)NS(=O)(=O)c1cccc(F)c1. The normalized spacial score (nSPS) is 18.9. The molecule has 0 amide bonds. The van der Waals surface area contributed by atoms with E-state index in [0.29, 0.717) is 24.1 Å². The maximum absolute atomic E-state index is 13.3. The summed E-state index contributed by atoms with van der Waals surface area (Å²) in [7, 11) is -4.24. The first kappa shape index (κ1) is 22.0. The number of nitrogens with one attached hydrogen (secondary N) is 2. The van der Waals surface area contributed by atoms with Gasteiger partial charge in [0.2, 0.25) is 10.0 Å². The van der Waals surface area contributed by atoms with Crippen LogP contribution in [0, 0.1) is 5.82 Å². The summed E-state index contributed by atoms with van der Waals surface area (Å²) in [4.78, 5) is 23.0. The van der Waals surface area contributed by atoms with Gasteiger partial charge in [0.05, 0.1) is 10.9 Å². The number of hydrogen-bond donors (Lipinski definition) is 4. The van der Waals surface area contributed by atoms with E-state index in [-0.39, 0.29) is 17.1 Å². The minimum atomic E-state index is -4.24. The van der Waals surface area contributed by atoms with Crippen molar-refractivity contribution in [1.82, 2.24) is 10.0 Å². The predicted octanol–water partition coefficient (Wildman–Crippen LogP) is 0.764. The van der Waals surface area contributed by atoms with Crippen LogP contribution < -0.4 is 10.0 Å². The van der Waals surface area contributed by atoms with Gasteiger partial charge in [0, 0.05) is 13.0 Å². The van der Waals surface area contributed by atoms with E-state index >= 15 is 0 Å². The molecule has 3 rings (SSSR count). The van der Waals surface area contributed by atoms with Crippen molar-refractivity contribution in [3.63, 3.8) is 0 Å². The lowest BCUT2D eigenvalue weighted by atomic mass is 9.97. The fraction of sp³-hybridized carbons (Fsp3) is 0.300. The summed E-state index contributed by atoms with van der Waals surface area (Å²) >= 11 is 0. The summed E-state index contributed by atoms with van der Waals surface area (Å²) in [5.41, 5.74) is 0.990. The van der Waals surface area contributed by atoms with Gasteiger partial charge in [-0.15, -0.1) is 0 Å². The third kappa shape index (κ3) is 5.08. The lowest BCUT2D eigenvalue weighted by Crippen LogP contribution is -2.42. The van der Waals surface area contributed by atoms with Crippen molar-refractivity contribution >= 4 is 21.8 Å². The Balaban J connectivity index is 1.72. The summed E-state index contributed by atoms with van der Waals surface area (Å²) in [6, 6.07) is 8.35. The average molecular weight is 436 g/mol. The summed E-state index contributed by atoms with van der Waals surface area (Å²) < 4.78 is 40.2. The number of halogens is 1. The second-order valence-corrected chi connectivity index (χ2v) is 8.72. The van der Waals surface area contributed by atoms with Crippen molar-refractivity contribution in [2.75, 3.05) is 6.54 Å². The number of benzene rings is 2. The molecule has 0 aromatic heterocycles. The van der Waals surface area contributed by atoms with Gasteiger partial charge in [0.25, 0.3) is 0 Å². The van der Waals surface area contributed by atoms with Crippen molar-refractivity contribution in [1.29, 1.82) is 0 Å². The highest BCUT2D eigenvalue weighted by atomic mass is 32.2. The molecule has 3 unspecified atom stereocenters. The van der Waals surface area contributed by atoms with E-state index in [1.54, 1.807) is 24.3 Å². The molecular formula is C20H21FN2O6S. The predicted molar refractivity (Wildman–Crippen MR) is 105 cm³/mol. The van der Waals surface area contributed by atoms with Crippen molar-refractivity contribution in [3.8, 4) is 0 Å². The summed E-state index contributed by atoms with van der Waals surface area (Å²) in [5.74, 6) is -2.22. The van der Waals surface area contributed by atoms with Crippen LogP contribution in [0.5, 0.6) is 0 Å². The Morgan fingerprint density at radius 1 is 1.23 bits per heavy atom. The quantitative estimate of drug-likeness (QED) is 0.480. The number of rotatable bonds is 8. The maximum Gasteiger partial charge on any atom is 0.322 e. The average Bonchev–Trinajstić information content (AvgIpc) is 3.13. The van der Waals surface area contributed by atoms with Crippen LogP contribution in [0.3, 0.4) is 0 Å². The van der Waals surface area contributed by atoms with Crippen LogP contribution in [0.2, 0.25) is 0 Å². The van der Waals surface area contributed by atoms with Crippen LogP contribution in [0.15, 0.2) is 53.4 Å². The number of hydrogen-bond acceptors (Lipinski definition) is 6. The maximum atomic E-state index is 13.3. The molecule has 1 fully saturated rings. The van der Waals surface area contributed by atoms with Crippen molar-refractivity contribution < 1.29 is 32.6 Å². The first-order chi connectivity index (χ1) is 14.2. The van der Waals surface area contributed by atoms with Gasteiger partial charge in [-0.25, -0.2) is 12.8 Å². The first-order valence-electron chi connectivity index (χ1n) is 9.21. The monoisotopic (exact) mass is 436 g/mol. The Hall–Kier alpha value is -2.66. The Labute approximate surface area is 172 Å². The molecule has 30 heavy (non-hydrogen) atoms. The minimum absolute atomic E-state index is 0.0794. The number of aliphatic hydroxyl groups is 1. The second-order valence-electron chi connectivity index (χ2n) is 7.01. The van der Waals surface area contributed by atoms with Gasteiger partial charge in [0.1, 0.15) is 18.0 Å². The Morgan fingerprint density at radius 3 is 2.50 bits per heavy atom. The molecule has 1 aliphatic rings. The number of carbonyl (C=O) groups excluding carboxylic acids is 1. The number of ketones is 1. The zero-order valence-electron chi connectivity index (χ0n) is 15.8. The standard InChI is InChI=1S/C20H21FN2O6S/c21-14-2-1-3-15(11-14)30(28,29)23-16(20(26)27)10-12-4-6-13(7-5-12)19(25)18-17(24)8-9-22-18/h1-7,11,16,18-19,22-23,25H,8-10H2,(H,26,27). The van der Waals surface area contributed by atoms with Crippen molar-refractivity contribution in [2.24, 2.45) is 0 Å². The number of sulfonamides is 1. The molecule has 10 heteroatoms. The molecule has 0 bridgehead atoms.